The van der Waals surface area contributed by atoms with Crippen molar-refractivity contribution in [1.29, 1.82) is 0 Å². The van der Waals surface area contributed by atoms with Gasteiger partial charge < -0.3 is 14.2 Å². The molecule has 1 atom stereocenters. The van der Waals surface area contributed by atoms with Crippen LogP contribution in [0.4, 0.5) is 0 Å². The van der Waals surface area contributed by atoms with Gasteiger partial charge in [0.2, 0.25) is 18.0 Å². The number of ether oxygens (including phenoxy) is 3. The summed E-state index contributed by atoms with van der Waals surface area (Å²) in [5.41, 5.74) is 1.43. The maximum absolute atomic E-state index is 12.1. The van der Waals surface area contributed by atoms with E-state index < -0.39 is 6.23 Å². The molecule has 0 saturated carbocycles. The van der Waals surface area contributed by atoms with Crippen LogP contribution in [0, 0.1) is 0 Å². The van der Waals surface area contributed by atoms with Gasteiger partial charge in [0.15, 0.2) is 0 Å². The number of benzene rings is 2. The molecule has 1 aliphatic rings. The van der Waals surface area contributed by atoms with Crippen LogP contribution in [0.25, 0.3) is 0 Å². The summed E-state index contributed by atoms with van der Waals surface area (Å²) in [5, 5.41) is 5.68. The Morgan fingerprint density at radius 3 is 2.35 bits per heavy atom. The summed E-state index contributed by atoms with van der Waals surface area (Å²) in [5.74, 6) is 1.23. The van der Waals surface area contributed by atoms with E-state index >= 15 is 0 Å². The fourth-order valence-corrected chi connectivity index (χ4v) is 3.32. The van der Waals surface area contributed by atoms with E-state index in [-0.39, 0.29) is 5.91 Å². The molecule has 0 bridgehead atoms. The molecule has 1 amide bonds. The van der Waals surface area contributed by atoms with E-state index in [1.165, 1.54) is 11.9 Å². The number of hydrogen-bond acceptors (Lipinski definition) is 5. The maximum Gasteiger partial charge on any atom is 0.244 e. The molecule has 26 heavy (non-hydrogen) atoms. The zero-order valence-corrected chi connectivity index (χ0v) is 17.5. The summed E-state index contributed by atoms with van der Waals surface area (Å²) < 4.78 is 18.4. The number of rotatable bonds is 4. The summed E-state index contributed by atoms with van der Waals surface area (Å²) >= 11 is 6.86. The molecule has 6 nitrogen and oxygen atoms in total. The molecular weight excluding hydrogens is 468 g/mol. The summed E-state index contributed by atoms with van der Waals surface area (Å²) in [6, 6.07) is 11.1. The zero-order valence-electron chi connectivity index (χ0n) is 14.3. The minimum absolute atomic E-state index is 0.223. The van der Waals surface area contributed by atoms with Gasteiger partial charge >= 0.3 is 0 Å². The number of carbonyl (C=O) groups is 1. The smallest absolute Gasteiger partial charge is 0.244 e. The molecule has 0 fully saturated rings. The number of amides is 1. The average molecular weight is 484 g/mol. The predicted molar refractivity (Wildman–Crippen MR) is 104 cm³/mol. The van der Waals surface area contributed by atoms with E-state index in [0.717, 1.165) is 14.5 Å². The molecule has 0 spiro atoms. The van der Waals surface area contributed by atoms with Gasteiger partial charge in [-0.3, -0.25) is 4.79 Å². The van der Waals surface area contributed by atoms with Crippen molar-refractivity contribution in [2.75, 3.05) is 14.2 Å². The second kappa shape index (κ2) is 7.67. The summed E-state index contributed by atoms with van der Waals surface area (Å²) in [6.07, 6.45) is -0.638. The first-order chi connectivity index (χ1) is 12.4. The third-order valence-corrected chi connectivity index (χ3v) is 4.97. The van der Waals surface area contributed by atoms with Gasteiger partial charge in [-0.25, -0.2) is 0 Å². The molecule has 0 saturated heterocycles. The highest BCUT2D eigenvalue weighted by Crippen LogP contribution is 2.37. The van der Waals surface area contributed by atoms with Gasteiger partial charge in [-0.05, 0) is 34.1 Å². The van der Waals surface area contributed by atoms with Crippen LogP contribution in [-0.4, -0.2) is 31.0 Å². The van der Waals surface area contributed by atoms with E-state index in [9.17, 15) is 4.79 Å². The first kappa shape index (κ1) is 18.7. The van der Waals surface area contributed by atoms with Crippen molar-refractivity contribution >= 4 is 43.7 Å². The second-order valence-corrected chi connectivity index (χ2v) is 7.25. The van der Waals surface area contributed by atoms with Gasteiger partial charge in [0, 0.05) is 23.0 Å². The molecule has 2 aromatic carbocycles. The van der Waals surface area contributed by atoms with E-state index in [0.29, 0.717) is 23.0 Å². The molecule has 0 radical (unpaired) electrons. The highest BCUT2D eigenvalue weighted by Gasteiger charge is 2.34. The third-order valence-electron chi connectivity index (χ3n) is 3.83. The topological polar surface area (TPSA) is 60.4 Å². The lowest BCUT2D eigenvalue weighted by Crippen LogP contribution is -2.25. The molecule has 0 aromatic heterocycles. The van der Waals surface area contributed by atoms with Crippen LogP contribution in [0.3, 0.4) is 0 Å². The van der Waals surface area contributed by atoms with Crippen molar-refractivity contribution in [2.24, 2.45) is 5.10 Å². The summed E-state index contributed by atoms with van der Waals surface area (Å²) in [4.78, 5) is 12.1. The Hall–Kier alpha value is -2.06. The molecule has 2 aromatic rings. The monoisotopic (exact) mass is 482 g/mol. The Labute approximate surface area is 168 Å². The van der Waals surface area contributed by atoms with Crippen LogP contribution in [0.1, 0.15) is 24.3 Å². The van der Waals surface area contributed by atoms with Crippen LogP contribution in [0.15, 0.2) is 50.4 Å². The van der Waals surface area contributed by atoms with Gasteiger partial charge in [-0.1, -0.05) is 28.1 Å². The predicted octanol–water partition coefficient (Wildman–Crippen LogP) is 4.47. The van der Waals surface area contributed by atoms with E-state index in [2.05, 4.69) is 37.0 Å². The molecule has 0 aliphatic carbocycles. The highest BCUT2D eigenvalue weighted by molar-refractivity contribution is 9.10. The fourth-order valence-electron chi connectivity index (χ4n) is 2.55. The number of hydrazone groups is 1. The van der Waals surface area contributed by atoms with E-state index in [4.69, 9.17) is 14.2 Å². The molecule has 3 rings (SSSR count). The van der Waals surface area contributed by atoms with Crippen LogP contribution in [0.2, 0.25) is 0 Å². The second-order valence-electron chi connectivity index (χ2n) is 5.48. The van der Waals surface area contributed by atoms with Crippen LogP contribution in [0.5, 0.6) is 11.5 Å². The molecule has 8 heteroatoms. The minimum atomic E-state index is -0.638. The van der Waals surface area contributed by atoms with E-state index in [1.54, 1.807) is 26.4 Å². The Kier molecular flexibility index (Phi) is 5.52. The van der Waals surface area contributed by atoms with Crippen molar-refractivity contribution in [3.63, 3.8) is 0 Å². The third kappa shape index (κ3) is 3.57. The number of carbonyl (C=O) groups excluding carboxylic acids is 1. The first-order valence-electron chi connectivity index (χ1n) is 7.67. The Morgan fingerprint density at radius 1 is 1.12 bits per heavy atom. The van der Waals surface area contributed by atoms with Crippen LogP contribution in [-0.2, 0) is 9.53 Å². The lowest BCUT2D eigenvalue weighted by molar-refractivity contribution is -0.135. The number of hydrogen-bond donors (Lipinski definition) is 0. The number of methoxy groups -OCH3 is 2. The summed E-state index contributed by atoms with van der Waals surface area (Å²) in [6.45, 7) is 1.45. The van der Waals surface area contributed by atoms with Gasteiger partial charge in [-0.15, -0.1) is 5.10 Å². The van der Waals surface area contributed by atoms with Crippen molar-refractivity contribution in [1.82, 2.24) is 5.01 Å². The zero-order chi connectivity index (χ0) is 18.8. The van der Waals surface area contributed by atoms with E-state index in [1.807, 2.05) is 24.3 Å². The van der Waals surface area contributed by atoms with Gasteiger partial charge in [0.05, 0.1) is 24.3 Å². The van der Waals surface area contributed by atoms with Gasteiger partial charge in [-0.2, -0.15) is 5.01 Å². The van der Waals surface area contributed by atoms with Crippen molar-refractivity contribution < 1.29 is 19.0 Å². The highest BCUT2D eigenvalue weighted by atomic mass is 79.9. The van der Waals surface area contributed by atoms with Crippen LogP contribution < -0.4 is 9.47 Å². The number of nitrogens with zero attached hydrogens (tertiary/aromatic N) is 2. The van der Waals surface area contributed by atoms with Crippen molar-refractivity contribution in [3.8, 4) is 11.5 Å². The molecule has 1 aliphatic heterocycles. The molecule has 136 valence electrons. The largest absolute Gasteiger partial charge is 0.496 e. The first-order valence-corrected chi connectivity index (χ1v) is 9.25. The Morgan fingerprint density at radius 2 is 1.77 bits per heavy atom. The van der Waals surface area contributed by atoms with Crippen LogP contribution >= 0.6 is 31.9 Å². The fraction of sp³-hybridized carbons (Fsp3) is 0.222. The lowest BCUT2D eigenvalue weighted by Gasteiger charge is -2.19. The lowest BCUT2D eigenvalue weighted by atomic mass is 10.1. The maximum atomic E-state index is 12.1. The minimum Gasteiger partial charge on any atom is -0.496 e. The molecule has 1 unspecified atom stereocenters. The van der Waals surface area contributed by atoms with Gasteiger partial charge in [0.25, 0.3) is 0 Å². The molecule has 1 heterocycles. The van der Waals surface area contributed by atoms with Crippen molar-refractivity contribution in [2.45, 2.75) is 13.2 Å². The average Bonchev–Trinajstić information content (AvgIpc) is 3.07. The quantitative estimate of drug-likeness (QED) is 0.643. The molecular formula is C18H16Br2N2O4. The van der Waals surface area contributed by atoms with Crippen molar-refractivity contribution in [3.05, 3.63) is 56.5 Å². The Bertz CT molecular complexity index is 868. The standard InChI is InChI=1S/C18H16Br2N2O4/c1-10(23)22-18(11-4-6-12(19)7-5-11)26-17(21-22)13-8-14(20)16(25-3)9-15(13)24-2/h4-9,18H,1-3H3. The normalized spacial score (nSPS) is 16.1. The SMILES string of the molecule is COc1cc(OC)c(C2=NN(C(C)=O)C(c3ccc(Br)cc3)O2)cc1Br. The Balaban J connectivity index is 2.01. The number of halogens is 2. The van der Waals surface area contributed by atoms with Gasteiger partial charge in [0.1, 0.15) is 11.5 Å². The summed E-state index contributed by atoms with van der Waals surface area (Å²) in [7, 11) is 3.13. The molecule has 0 N–H and O–H groups in total.